The minimum absolute atomic E-state index is 0.850. The third-order valence-electron chi connectivity index (χ3n) is 1.19. The molecule has 2 nitrogen and oxygen atoms in total. The Morgan fingerprint density at radius 2 is 2.67 bits per heavy atom. The number of aliphatic imine (C=N–C) groups is 1. The number of allylic oxidation sites excluding steroid dienone is 1. The van der Waals surface area contributed by atoms with Gasteiger partial charge < -0.3 is 0 Å². The molecule has 0 amide bonds. The molecule has 48 valence electrons. The predicted molar refractivity (Wildman–Crippen MR) is 35.3 cm³/mol. The third kappa shape index (κ3) is 1.59. The summed E-state index contributed by atoms with van der Waals surface area (Å²) in [7, 11) is 2.04. The van der Waals surface area contributed by atoms with E-state index in [2.05, 4.69) is 20.5 Å². The van der Waals surface area contributed by atoms with Gasteiger partial charge in [-0.1, -0.05) is 0 Å². The Kier molecular flexibility index (Phi) is 2.35. The molecule has 0 unspecified atom stereocenters. The van der Waals surface area contributed by atoms with Gasteiger partial charge in [0.1, 0.15) is 0 Å². The Morgan fingerprint density at radius 1 is 1.89 bits per heavy atom. The molecule has 9 heavy (non-hydrogen) atoms. The first kappa shape index (κ1) is 6.88. The van der Waals surface area contributed by atoms with Crippen LogP contribution in [0.5, 0.6) is 0 Å². The van der Waals surface area contributed by atoms with Crippen molar-refractivity contribution in [3.63, 3.8) is 0 Å². The molecule has 1 rings (SSSR count). The number of rotatable bonds is 2. The Hall–Kier alpha value is -0.232. The second-order valence-corrected chi connectivity index (χ2v) is 2.60. The molecule has 0 aromatic heterocycles. The van der Waals surface area contributed by atoms with Gasteiger partial charge in [-0.2, -0.15) is 0 Å². The van der Waals surface area contributed by atoms with Crippen molar-refractivity contribution in [3.05, 3.63) is 11.8 Å². The second kappa shape index (κ2) is 3.07. The SMILES string of the molecule is CN([CH]=[W])C1=CCN=C1. The molecule has 3 heteroatoms. The molecule has 0 fully saturated rings. The summed E-state index contributed by atoms with van der Waals surface area (Å²) in [5, 5.41) is 0. The standard InChI is InChI=1S/C6H8N2.W/c1-8(2)6-3-4-7-5-6;/h1,3,5H,4H2,2H3;. The molecule has 0 N–H and O–H groups in total. The zero-order valence-corrected chi connectivity index (χ0v) is 8.18. The van der Waals surface area contributed by atoms with Gasteiger partial charge in [-0.15, -0.1) is 0 Å². The molecular weight excluding hydrogens is 284 g/mol. The van der Waals surface area contributed by atoms with Crippen LogP contribution in [0.15, 0.2) is 16.8 Å². The first-order valence-corrected chi connectivity index (χ1v) is 4.42. The molecular formula is C6H8N2W. The molecule has 0 spiro atoms. The summed E-state index contributed by atoms with van der Waals surface area (Å²) in [5.74, 6) is 0. The van der Waals surface area contributed by atoms with Crippen LogP contribution in [-0.4, -0.2) is 29.2 Å². The molecule has 1 heterocycles. The summed E-state index contributed by atoms with van der Waals surface area (Å²) in [6.45, 7) is 0.850. The van der Waals surface area contributed by atoms with Crippen LogP contribution in [-0.2, 0) is 19.4 Å². The summed E-state index contributed by atoms with van der Waals surface area (Å²) in [5.41, 5.74) is 1.21. The third-order valence-corrected chi connectivity index (χ3v) is 2.33. The van der Waals surface area contributed by atoms with Gasteiger partial charge in [-0.3, -0.25) is 0 Å². The summed E-state index contributed by atoms with van der Waals surface area (Å²) in [6.07, 6.45) is 4.01. The van der Waals surface area contributed by atoms with E-state index < -0.39 is 0 Å². The number of hydrogen-bond acceptors (Lipinski definition) is 2. The summed E-state index contributed by atoms with van der Waals surface area (Å²) in [4.78, 5) is 6.15. The van der Waals surface area contributed by atoms with Gasteiger partial charge in [0.25, 0.3) is 0 Å². The van der Waals surface area contributed by atoms with Gasteiger partial charge in [0, 0.05) is 0 Å². The monoisotopic (exact) mass is 292 g/mol. The van der Waals surface area contributed by atoms with Crippen molar-refractivity contribution < 1.29 is 19.4 Å². The first-order valence-electron chi connectivity index (χ1n) is 2.72. The van der Waals surface area contributed by atoms with E-state index in [0.29, 0.717) is 0 Å². The average Bonchev–Trinajstić information content (AvgIpc) is 2.37. The van der Waals surface area contributed by atoms with Crippen LogP contribution in [0, 0.1) is 0 Å². The van der Waals surface area contributed by atoms with E-state index in [1.807, 2.05) is 13.3 Å². The van der Waals surface area contributed by atoms with Crippen molar-refractivity contribution in [1.82, 2.24) is 4.90 Å². The molecule has 1 aliphatic rings. The Bertz CT molecular complexity index is 172. The zero-order chi connectivity index (χ0) is 6.69. The minimum atomic E-state index is 0.850. The Labute approximate surface area is 65.7 Å². The molecule has 0 saturated carbocycles. The van der Waals surface area contributed by atoms with E-state index in [0.717, 1.165) is 6.54 Å². The van der Waals surface area contributed by atoms with E-state index in [1.54, 1.807) is 0 Å². The van der Waals surface area contributed by atoms with Gasteiger partial charge in [0.15, 0.2) is 0 Å². The van der Waals surface area contributed by atoms with Crippen LogP contribution in [0.25, 0.3) is 0 Å². The van der Waals surface area contributed by atoms with Crippen molar-refractivity contribution in [3.8, 4) is 0 Å². The van der Waals surface area contributed by atoms with Crippen LogP contribution in [0.3, 0.4) is 0 Å². The molecule has 0 bridgehead atoms. The van der Waals surface area contributed by atoms with E-state index in [4.69, 9.17) is 0 Å². The maximum absolute atomic E-state index is 4.06. The molecule has 0 aromatic carbocycles. The zero-order valence-electron chi connectivity index (χ0n) is 5.24. The summed E-state index contributed by atoms with van der Waals surface area (Å²) in [6, 6.07) is 0. The molecule has 1 aliphatic heterocycles. The van der Waals surface area contributed by atoms with Gasteiger partial charge >= 0.3 is 65.4 Å². The topological polar surface area (TPSA) is 15.6 Å². The molecule has 0 atom stereocenters. The van der Waals surface area contributed by atoms with Crippen molar-refractivity contribution in [2.24, 2.45) is 4.99 Å². The van der Waals surface area contributed by atoms with Gasteiger partial charge in [0.2, 0.25) is 0 Å². The molecule has 0 aliphatic carbocycles. The van der Waals surface area contributed by atoms with Crippen LogP contribution in [0.1, 0.15) is 0 Å². The van der Waals surface area contributed by atoms with E-state index in [-0.39, 0.29) is 0 Å². The molecule has 0 aromatic rings. The van der Waals surface area contributed by atoms with Gasteiger partial charge in [-0.05, 0) is 0 Å². The van der Waals surface area contributed by atoms with Crippen molar-refractivity contribution in [1.29, 1.82) is 0 Å². The molecule has 0 radical (unpaired) electrons. The van der Waals surface area contributed by atoms with Crippen LogP contribution >= 0.6 is 0 Å². The predicted octanol–water partition coefficient (Wildman–Crippen LogP) is 0.193. The summed E-state index contributed by atoms with van der Waals surface area (Å²) >= 11 is 1.47. The van der Waals surface area contributed by atoms with Gasteiger partial charge in [-0.25, -0.2) is 0 Å². The fourth-order valence-electron chi connectivity index (χ4n) is 0.641. The Balaban J connectivity index is 2.61. The average molecular weight is 292 g/mol. The van der Waals surface area contributed by atoms with Crippen molar-refractivity contribution >= 4 is 10.7 Å². The van der Waals surface area contributed by atoms with Crippen LogP contribution in [0.2, 0.25) is 0 Å². The summed E-state index contributed by atoms with van der Waals surface area (Å²) < 4.78 is 2.10. The van der Waals surface area contributed by atoms with Crippen LogP contribution in [0.4, 0.5) is 0 Å². The maximum atomic E-state index is 4.06. The fraction of sp³-hybridized carbons (Fsp3) is 0.333. The van der Waals surface area contributed by atoms with Crippen molar-refractivity contribution in [2.75, 3.05) is 13.6 Å². The van der Waals surface area contributed by atoms with E-state index in [1.165, 1.54) is 25.1 Å². The first-order chi connectivity index (χ1) is 4.34. The van der Waals surface area contributed by atoms with E-state index >= 15 is 0 Å². The van der Waals surface area contributed by atoms with Crippen LogP contribution < -0.4 is 0 Å². The normalized spacial score (nSPS) is 15.4. The number of hydrogen-bond donors (Lipinski definition) is 0. The van der Waals surface area contributed by atoms with Crippen molar-refractivity contribution in [2.45, 2.75) is 0 Å². The molecule has 0 saturated heterocycles. The fourth-order valence-corrected chi connectivity index (χ4v) is 1.08. The Morgan fingerprint density at radius 3 is 3.11 bits per heavy atom. The second-order valence-electron chi connectivity index (χ2n) is 1.84. The quantitative estimate of drug-likeness (QED) is 0.709. The van der Waals surface area contributed by atoms with Gasteiger partial charge in [0.05, 0.1) is 0 Å². The van der Waals surface area contributed by atoms with E-state index in [9.17, 15) is 0 Å². The number of nitrogens with zero attached hydrogens (tertiary/aromatic N) is 2.